The van der Waals surface area contributed by atoms with Crippen molar-refractivity contribution in [3.63, 3.8) is 0 Å². The maximum atomic E-state index is 3.69. The first-order valence-corrected chi connectivity index (χ1v) is 6.72. The molecule has 0 radical (unpaired) electrons. The second kappa shape index (κ2) is 7.24. The summed E-state index contributed by atoms with van der Waals surface area (Å²) in [5.41, 5.74) is 0. The average molecular weight is 212 g/mol. The third-order valence-electron chi connectivity index (χ3n) is 3.67. The van der Waals surface area contributed by atoms with E-state index >= 15 is 0 Å². The van der Waals surface area contributed by atoms with E-state index in [-0.39, 0.29) is 0 Å². The van der Waals surface area contributed by atoms with Crippen LogP contribution in [0.4, 0.5) is 0 Å². The van der Waals surface area contributed by atoms with Crippen LogP contribution in [0.15, 0.2) is 0 Å². The zero-order valence-electron chi connectivity index (χ0n) is 10.8. The summed E-state index contributed by atoms with van der Waals surface area (Å²) >= 11 is 0. The summed E-state index contributed by atoms with van der Waals surface area (Å²) in [6, 6.07) is 0.816. The molecule has 2 nitrogen and oxygen atoms in total. The highest BCUT2D eigenvalue weighted by molar-refractivity contribution is 4.78. The van der Waals surface area contributed by atoms with Crippen LogP contribution in [-0.2, 0) is 0 Å². The van der Waals surface area contributed by atoms with Gasteiger partial charge in [-0.3, -0.25) is 0 Å². The highest BCUT2D eigenvalue weighted by Crippen LogP contribution is 2.24. The lowest BCUT2D eigenvalue weighted by molar-refractivity contribution is 0.295. The predicted octanol–water partition coefficient (Wildman–Crippen LogP) is 2.50. The molecule has 0 unspecified atom stereocenters. The highest BCUT2D eigenvalue weighted by atomic mass is 15.1. The summed E-state index contributed by atoms with van der Waals surface area (Å²) in [5.74, 6) is 0.949. The molecule has 1 saturated carbocycles. The van der Waals surface area contributed by atoms with Crippen molar-refractivity contribution in [2.24, 2.45) is 5.92 Å². The molecule has 0 amide bonds. The van der Waals surface area contributed by atoms with Crippen LogP contribution in [0, 0.1) is 5.92 Å². The minimum atomic E-state index is 0.816. The van der Waals surface area contributed by atoms with E-state index in [1.807, 2.05) is 0 Å². The Hall–Kier alpha value is -0.0800. The third kappa shape index (κ3) is 4.98. The molecule has 0 aromatic carbocycles. The van der Waals surface area contributed by atoms with E-state index in [2.05, 4.69) is 31.0 Å². The molecule has 2 atom stereocenters. The molecule has 1 aliphatic rings. The van der Waals surface area contributed by atoms with Gasteiger partial charge in [0.2, 0.25) is 0 Å². The van der Waals surface area contributed by atoms with Gasteiger partial charge < -0.3 is 10.2 Å². The van der Waals surface area contributed by atoms with Crippen molar-refractivity contribution in [2.75, 3.05) is 26.2 Å². The fraction of sp³-hybridized carbons (Fsp3) is 1.00. The minimum absolute atomic E-state index is 0.816. The zero-order chi connectivity index (χ0) is 11.1. The number of rotatable bonds is 7. The molecule has 1 fully saturated rings. The van der Waals surface area contributed by atoms with Crippen molar-refractivity contribution in [3.05, 3.63) is 0 Å². The zero-order valence-corrected chi connectivity index (χ0v) is 10.8. The first-order chi connectivity index (χ1) is 7.26. The lowest BCUT2D eigenvalue weighted by Crippen LogP contribution is -2.31. The van der Waals surface area contributed by atoms with Crippen molar-refractivity contribution < 1.29 is 0 Å². The van der Waals surface area contributed by atoms with Crippen LogP contribution in [0.25, 0.3) is 0 Å². The van der Waals surface area contributed by atoms with Crippen LogP contribution in [0.2, 0.25) is 0 Å². The lowest BCUT2D eigenvalue weighted by atomic mass is 10.1. The molecule has 0 spiro atoms. The van der Waals surface area contributed by atoms with Crippen LogP contribution in [-0.4, -0.2) is 37.1 Å². The normalized spacial score (nSPS) is 26.4. The molecule has 0 heterocycles. The molecule has 15 heavy (non-hydrogen) atoms. The Morgan fingerprint density at radius 1 is 1.20 bits per heavy atom. The van der Waals surface area contributed by atoms with Gasteiger partial charge in [0.25, 0.3) is 0 Å². The average Bonchev–Trinajstić information content (AvgIpc) is 2.65. The fourth-order valence-corrected chi connectivity index (χ4v) is 2.54. The van der Waals surface area contributed by atoms with Gasteiger partial charge in [-0.2, -0.15) is 0 Å². The molecule has 1 rings (SSSR count). The fourth-order valence-electron chi connectivity index (χ4n) is 2.54. The topological polar surface area (TPSA) is 15.3 Å². The molecular formula is C13H28N2. The molecule has 0 saturated heterocycles. The summed E-state index contributed by atoms with van der Waals surface area (Å²) in [6.45, 7) is 11.7. The van der Waals surface area contributed by atoms with Gasteiger partial charge in [0.1, 0.15) is 0 Å². The monoisotopic (exact) mass is 212 g/mol. The van der Waals surface area contributed by atoms with E-state index in [0.717, 1.165) is 12.0 Å². The summed E-state index contributed by atoms with van der Waals surface area (Å²) in [5, 5.41) is 3.69. The highest BCUT2D eigenvalue weighted by Gasteiger charge is 2.19. The molecule has 1 N–H and O–H groups in total. The largest absolute Gasteiger partial charge is 0.314 e. The van der Waals surface area contributed by atoms with Gasteiger partial charge in [0.15, 0.2) is 0 Å². The molecular weight excluding hydrogens is 184 g/mol. The van der Waals surface area contributed by atoms with Crippen molar-refractivity contribution in [1.29, 1.82) is 0 Å². The Kier molecular flexibility index (Phi) is 6.26. The molecule has 90 valence electrons. The smallest absolute Gasteiger partial charge is 0.00697 e. The first-order valence-electron chi connectivity index (χ1n) is 6.72. The number of nitrogens with zero attached hydrogens (tertiary/aromatic N) is 1. The number of hydrogen-bond acceptors (Lipinski definition) is 2. The van der Waals surface area contributed by atoms with Crippen LogP contribution >= 0.6 is 0 Å². The number of hydrogen-bond donors (Lipinski definition) is 1. The van der Waals surface area contributed by atoms with E-state index in [9.17, 15) is 0 Å². The van der Waals surface area contributed by atoms with E-state index < -0.39 is 0 Å². The summed E-state index contributed by atoms with van der Waals surface area (Å²) in [7, 11) is 0. The molecule has 0 aliphatic heterocycles. The van der Waals surface area contributed by atoms with Crippen molar-refractivity contribution in [3.8, 4) is 0 Å². The lowest BCUT2D eigenvalue weighted by Gasteiger charge is -2.19. The van der Waals surface area contributed by atoms with Gasteiger partial charge in [0, 0.05) is 6.04 Å². The van der Waals surface area contributed by atoms with Gasteiger partial charge in [-0.25, -0.2) is 0 Å². The maximum absolute atomic E-state index is 3.69. The van der Waals surface area contributed by atoms with E-state index in [0.29, 0.717) is 0 Å². The second-order valence-corrected chi connectivity index (χ2v) is 4.95. The van der Waals surface area contributed by atoms with E-state index in [1.165, 1.54) is 51.9 Å². The van der Waals surface area contributed by atoms with Gasteiger partial charge in [-0.1, -0.05) is 20.8 Å². The Bertz CT molecular complexity index is 155. The number of nitrogens with one attached hydrogen (secondary N) is 1. The van der Waals surface area contributed by atoms with Crippen LogP contribution in [0.3, 0.4) is 0 Å². The van der Waals surface area contributed by atoms with Gasteiger partial charge in [0.05, 0.1) is 0 Å². The SMILES string of the molecule is CCN(CC)CCCN[C@@H]1CC[C@@H](C)C1. The quantitative estimate of drug-likeness (QED) is 0.652. The molecule has 1 aliphatic carbocycles. The van der Waals surface area contributed by atoms with Gasteiger partial charge in [-0.05, 0) is 57.8 Å². The van der Waals surface area contributed by atoms with Gasteiger partial charge in [-0.15, -0.1) is 0 Å². The maximum Gasteiger partial charge on any atom is 0.00697 e. The van der Waals surface area contributed by atoms with Crippen molar-refractivity contribution in [2.45, 2.75) is 52.5 Å². The second-order valence-electron chi connectivity index (χ2n) is 4.95. The van der Waals surface area contributed by atoms with E-state index in [4.69, 9.17) is 0 Å². The Morgan fingerprint density at radius 3 is 2.47 bits per heavy atom. The summed E-state index contributed by atoms with van der Waals surface area (Å²) in [4.78, 5) is 2.50. The van der Waals surface area contributed by atoms with Crippen LogP contribution < -0.4 is 5.32 Å². The Balaban J connectivity index is 1.97. The summed E-state index contributed by atoms with van der Waals surface area (Å²) < 4.78 is 0. The standard InChI is InChI=1S/C13H28N2/c1-4-15(5-2)10-6-9-14-13-8-7-12(3)11-13/h12-14H,4-11H2,1-3H3/t12-,13-/m1/s1. The molecule has 0 aromatic heterocycles. The molecule has 0 aromatic rings. The molecule has 2 heteroatoms. The molecule has 0 bridgehead atoms. The summed E-state index contributed by atoms with van der Waals surface area (Å²) in [6.07, 6.45) is 5.51. The van der Waals surface area contributed by atoms with Gasteiger partial charge >= 0.3 is 0 Å². The van der Waals surface area contributed by atoms with E-state index in [1.54, 1.807) is 0 Å². The van der Waals surface area contributed by atoms with Crippen LogP contribution in [0.1, 0.15) is 46.5 Å². The Labute approximate surface area is 95.4 Å². The van der Waals surface area contributed by atoms with Crippen LogP contribution in [0.5, 0.6) is 0 Å². The minimum Gasteiger partial charge on any atom is -0.314 e. The predicted molar refractivity (Wildman–Crippen MR) is 67.2 cm³/mol. The van der Waals surface area contributed by atoms with Crippen molar-refractivity contribution >= 4 is 0 Å². The van der Waals surface area contributed by atoms with Crippen molar-refractivity contribution in [1.82, 2.24) is 10.2 Å². The first kappa shape index (κ1) is 13.0. The Morgan fingerprint density at radius 2 is 1.93 bits per heavy atom. The third-order valence-corrected chi connectivity index (χ3v) is 3.67.